The molecule has 0 amide bonds. The van der Waals surface area contributed by atoms with E-state index in [0.29, 0.717) is 6.04 Å². The molecule has 2 atom stereocenters. The average molecular weight is 341 g/mol. The summed E-state index contributed by atoms with van der Waals surface area (Å²) in [5, 5.41) is 3.64. The van der Waals surface area contributed by atoms with E-state index in [-0.39, 0.29) is 5.82 Å². The molecule has 0 saturated carbocycles. The molecule has 1 aromatic carbocycles. The molecule has 0 aromatic heterocycles. The largest absolute Gasteiger partial charge is 0.314 e. The lowest BCUT2D eigenvalue weighted by Crippen LogP contribution is -2.43. The van der Waals surface area contributed by atoms with E-state index in [0.717, 1.165) is 35.6 Å². The van der Waals surface area contributed by atoms with Crippen LogP contribution in [0.4, 0.5) is 4.39 Å². The summed E-state index contributed by atoms with van der Waals surface area (Å²) in [4.78, 5) is 2.48. The fraction of sp³-hybridized carbons (Fsp3) is 0.625. The lowest BCUT2D eigenvalue weighted by atomic mass is 9.89. The van der Waals surface area contributed by atoms with E-state index in [4.69, 9.17) is 0 Å². The number of benzene rings is 1. The molecule has 3 rings (SSSR count). The van der Waals surface area contributed by atoms with E-state index in [1.807, 2.05) is 6.07 Å². The Bertz CT molecular complexity index is 460. The predicted molar refractivity (Wildman–Crippen MR) is 83.1 cm³/mol. The van der Waals surface area contributed by atoms with E-state index in [1.54, 1.807) is 6.07 Å². The minimum Gasteiger partial charge on any atom is -0.314 e. The van der Waals surface area contributed by atoms with Gasteiger partial charge in [0.05, 0.1) is 0 Å². The number of nitrogens with one attached hydrogen (secondary N) is 1. The maximum Gasteiger partial charge on any atom is 0.123 e. The van der Waals surface area contributed by atoms with Gasteiger partial charge in [-0.15, -0.1) is 0 Å². The van der Waals surface area contributed by atoms with Crippen LogP contribution in [0.1, 0.15) is 31.2 Å². The first-order valence-corrected chi connectivity index (χ1v) is 8.41. The Morgan fingerprint density at radius 3 is 3.00 bits per heavy atom. The van der Waals surface area contributed by atoms with Gasteiger partial charge in [0.15, 0.2) is 0 Å². The van der Waals surface area contributed by atoms with Crippen molar-refractivity contribution in [3.63, 3.8) is 0 Å². The summed E-state index contributed by atoms with van der Waals surface area (Å²) in [7, 11) is 0. The van der Waals surface area contributed by atoms with E-state index in [1.165, 1.54) is 38.3 Å². The molecule has 2 unspecified atom stereocenters. The van der Waals surface area contributed by atoms with Crippen molar-refractivity contribution in [3.05, 3.63) is 34.1 Å². The summed E-state index contributed by atoms with van der Waals surface area (Å²) in [6.45, 7) is 4.30. The number of rotatable bonds is 3. The van der Waals surface area contributed by atoms with Crippen LogP contribution in [0.15, 0.2) is 22.7 Å². The van der Waals surface area contributed by atoms with Crippen LogP contribution < -0.4 is 5.32 Å². The molecule has 2 fully saturated rings. The number of nitrogens with zero attached hydrogens (tertiary/aromatic N) is 1. The van der Waals surface area contributed by atoms with Crippen molar-refractivity contribution < 1.29 is 4.39 Å². The van der Waals surface area contributed by atoms with Gasteiger partial charge in [-0.3, -0.25) is 4.90 Å². The van der Waals surface area contributed by atoms with E-state index < -0.39 is 0 Å². The molecule has 2 saturated heterocycles. The Labute approximate surface area is 128 Å². The molecule has 1 aromatic rings. The highest BCUT2D eigenvalue weighted by atomic mass is 79.9. The lowest BCUT2D eigenvalue weighted by molar-refractivity contribution is 0.145. The Morgan fingerprint density at radius 2 is 2.20 bits per heavy atom. The van der Waals surface area contributed by atoms with Crippen LogP contribution in [-0.4, -0.2) is 30.6 Å². The zero-order valence-corrected chi connectivity index (χ0v) is 13.3. The number of hydrogen-bond donors (Lipinski definition) is 1. The number of piperidine rings is 1. The molecule has 20 heavy (non-hydrogen) atoms. The van der Waals surface area contributed by atoms with Crippen molar-refractivity contribution in [1.82, 2.24) is 10.2 Å². The molecule has 2 heterocycles. The standard InChI is InChI=1S/C16H22BrFN2/c17-15-6-5-14(18)9-13(15)11-20-8-2-3-12(10-20)16-4-1-7-19-16/h5-6,9,12,16,19H,1-4,7-8,10-11H2. The topological polar surface area (TPSA) is 15.3 Å². The van der Waals surface area contributed by atoms with Gasteiger partial charge in [0.1, 0.15) is 5.82 Å². The maximum absolute atomic E-state index is 13.4. The van der Waals surface area contributed by atoms with Crippen LogP contribution in [0.3, 0.4) is 0 Å². The van der Waals surface area contributed by atoms with Gasteiger partial charge >= 0.3 is 0 Å². The zero-order chi connectivity index (χ0) is 13.9. The number of halogens is 2. The normalized spacial score (nSPS) is 27.9. The minimum absolute atomic E-state index is 0.144. The molecular weight excluding hydrogens is 319 g/mol. The molecule has 1 N–H and O–H groups in total. The minimum atomic E-state index is -0.144. The first-order valence-electron chi connectivity index (χ1n) is 7.62. The Morgan fingerprint density at radius 1 is 1.30 bits per heavy atom. The van der Waals surface area contributed by atoms with Crippen molar-refractivity contribution in [2.24, 2.45) is 5.92 Å². The second kappa shape index (κ2) is 6.54. The monoisotopic (exact) mass is 340 g/mol. The lowest BCUT2D eigenvalue weighted by Gasteiger charge is -2.36. The van der Waals surface area contributed by atoms with Crippen molar-refractivity contribution in [1.29, 1.82) is 0 Å². The van der Waals surface area contributed by atoms with Crippen molar-refractivity contribution in [3.8, 4) is 0 Å². The summed E-state index contributed by atoms with van der Waals surface area (Å²) in [6, 6.07) is 5.68. The van der Waals surface area contributed by atoms with Gasteiger partial charge in [0.2, 0.25) is 0 Å². The third kappa shape index (κ3) is 3.41. The van der Waals surface area contributed by atoms with Gasteiger partial charge in [0, 0.05) is 23.6 Å². The summed E-state index contributed by atoms with van der Waals surface area (Å²) in [6.07, 6.45) is 5.23. The van der Waals surface area contributed by atoms with Gasteiger partial charge < -0.3 is 5.32 Å². The van der Waals surface area contributed by atoms with E-state index in [9.17, 15) is 4.39 Å². The van der Waals surface area contributed by atoms with Crippen LogP contribution in [-0.2, 0) is 6.54 Å². The number of hydrogen-bond acceptors (Lipinski definition) is 2. The third-order valence-electron chi connectivity index (χ3n) is 4.61. The van der Waals surface area contributed by atoms with Gasteiger partial charge in [-0.2, -0.15) is 0 Å². The Balaban J connectivity index is 1.63. The van der Waals surface area contributed by atoms with Crippen LogP contribution >= 0.6 is 15.9 Å². The molecule has 4 heteroatoms. The predicted octanol–water partition coefficient (Wildman–Crippen LogP) is 3.55. The summed E-state index contributed by atoms with van der Waals surface area (Å²) < 4.78 is 14.4. The molecule has 2 nitrogen and oxygen atoms in total. The SMILES string of the molecule is Fc1ccc(Br)c(CN2CCCC(C3CCCN3)C2)c1. The Hall–Kier alpha value is -0.450. The molecule has 0 spiro atoms. The highest BCUT2D eigenvalue weighted by molar-refractivity contribution is 9.10. The Kier molecular flexibility index (Phi) is 4.74. The fourth-order valence-electron chi connectivity index (χ4n) is 3.58. The highest BCUT2D eigenvalue weighted by Crippen LogP contribution is 2.27. The average Bonchev–Trinajstić information content (AvgIpc) is 2.97. The van der Waals surface area contributed by atoms with Crippen molar-refractivity contribution >= 4 is 15.9 Å². The molecule has 0 bridgehead atoms. The summed E-state index contributed by atoms with van der Waals surface area (Å²) >= 11 is 3.53. The smallest absolute Gasteiger partial charge is 0.123 e. The van der Waals surface area contributed by atoms with Crippen molar-refractivity contribution in [2.75, 3.05) is 19.6 Å². The van der Waals surface area contributed by atoms with Gasteiger partial charge in [0.25, 0.3) is 0 Å². The highest BCUT2D eigenvalue weighted by Gasteiger charge is 2.29. The van der Waals surface area contributed by atoms with Gasteiger partial charge in [-0.05, 0) is 68.5 Å². The van der Waals surface area contributed by atoms with Crippen molar-refractivity contribution in [2.45, 2.75) is 38.3 Å². The second-order valence-corrected chi connectivity index (χ2v) is 6.93. The molecule has 2 aliphatic rings. The van der Waals surface area contributed by atoms with Crippen LogP contribution in [0.5, 0.6) is 0 Å². The molecular formula is C16H22BrFN2. The van der Waals surface area contributed by atoms with E-state index >= 15 is 0 Å². The van der Waals surface area contributed by atoms with Gasteiger partial charge in [-0.1, -0.05) is 15.9 Å². The van der Waals surface area contributed by atoms with E-state index in [2.05, 4.69) is 26.1 Å². The first kappa shape index (κ1) is 14.5. The molecule has 2 aliphatic heterocycles. The van der Waals surface area contributed by atoms with Crippen LogP contribution in [0.25, 0.3) is 0 Å². The molecule has 110 valence electrons. The fourth-order valence-corrected chi connectivity index (χ4v) is 3.95. The number of likely N-dealkylation sites (tertiary alicyclic amines) is 1. The van der Waals surface area contributed by atoms with Gasteiger partial charge in [-0.25, -0.2) is 4.39 Å². The second-order valence-electron chi connectivity index (χ2n) is 6.08. The quantitative estimate of drug-likeness (QED) is 0.905. The van der Waals surface area contributed by atoms with Crippen LogP contribution in [0.2, 0.25) is 0 Å². The summed E-state index contributed by atoms with van der Waals surface area (Å²) in [5.41, 5.74) is 1.06. The summed E-state index contributed by atoms with van der Waals surface area (Å²) in [5.74, 6) is 0.618. The molecule has 0 radical (unpaired) electrons. The molecule has 0 aliphatic carbocycles. The zero-order valence-electron chi connectivity index (χ0n) is 11.7. The maximum atomic E-state index is 13.4. The first-order chi connectivity index (χ1) is 9.72. The van der Waals surface area contributed by atoms with Crippen LogP contribution in [0, 0.1) is 11.7 Å². The third-order valence-corrected chi connectivity index (χ3v) is 5.38.